The predicted molar refractivity (Wildman–Crippen MR) is 69.8 cm³/mol. The Morgan fingerprint density at radius 3 is 2.72 bits per heavy atom. The molecule has 2 N–H and O–H groups in total. The number of fused-ring (bicyclic) bond motifs is 1. The Hall–Kier alpha value is -1.81. The number of carbonyl (C=O) groups is 1. The minimum atomic E-state index is -0.931. The molecule has 0 aliphatic carbocycles. The van der Waals surface area contributed by atoms with Crippen molar-refractivity contribution in [3.63, 3.8) is 0 Å². The topological polar surface area (TPSA) is 62.5 Å². The zero-order chi connectivity index (χ0) is 13.3. The molecule has 4 nitrogen and oxygen atoms in total. The van der Waals surface area contributed by atoms with E-state index in [9.17, 15) is 9.90 Å². The van der Waals surface area contributed by atoms with Gasteiger partial charge in [0.2, 0.25) is 0 Å². The quantitative estimate of drug-likeness (QED) is 0.873. The molecule has 0 aliphatic rings. The van der Waals surface area contributed by atoms with Crippen LogP contribution >= 0.6 is 0 Å². The fourth-order valence-electron chi connectivity index (χ4n) is 2.21. The average Bonchev–Trinajstić information content (AvgIpc) is 2.68. The third kappa shape index (κ3) is 2.11. The van der Waals surface area contributed by atoms with Crippen molar-refractivity contribution >= 4 is 16.9 Å². The van der Waals surface area contributed by atoms with E-state index in [2.05, 4.69) is 6.92 Å². The molecule has 4 heteroatoms. The summed E-state index contributed by atoms with van der Waals surface area (Å²) in [6.07, 6.45) is 2.31. The second kappa shape index (κ2) is 4.82. The molecule has 1 aromatic heterocycles. The fraction of sp³-hybridized carbons (Fsp3) is 0.357. The molecule has 0 saturated carbocycles. The van der Waals surface area contributed by atoms with Crippen LogP contribution in [0.2, 0.25) is 0 Å². The molecule has 2 aromatic rings. The van der Waals surface area contributed by atoms with Gasteiger partial charge >= 0.3 is 5.97 Å². The van der Waals surface area contributed by atoms with Crippen LogP contribution < -0.4 is 0 Å². The summed E-state index contributed by atoms with van der Waals surface area (Å²) in [6, 6.07) is 5.01. The first kappa shape index (κ1) is 12.6. The van der Waals surface area contributed by atoms with Crippen LogP contribution in [-0.4, -0.2) is 20.7 Å². The highest BCUT2D eigenvalue weighted by atomic mass is 16.4. The van der Waals surface area contributed by atoms with E-state index in [-0.39, 0.29) is 5.56 Å². The van der Waals surface area contributed by atoms with E-state index < -0.39 is 12.1 Å². The van der Waals surface area contributed by atoms with E-state index in [1.54, 1.807) is 25.1 Å². The molecule has 0 bridgehead atoms. The van der Waals surface area contributed by atoms with Gasteiger partial charge in [-0.25, -0.2) is 4.79 Å². The Kier molecular flexibility index (Phi) is 3.39. The van der Waals surface area contributed by atoms with E-state index in [0.29, 0.717) is 0 Å². The Balaban J connectivity index is 2.67. The van der Waals surface area contributed by atoms with E-state index in [0.717, 1.165) is 29.4 Å². The van der Waals surface area contributed by atoms with Crippen LogP contribution in [0.3, 0.4) is 0 Å². The Labute approximate surface area is 105 Å². The summed E-state index contributed by atoms with van der Waals surface area (Å²) in [5.74, 6) is -0.931. The summed E-state index contributed by atoms with van der Waals surface area (Å²) in [5, 5.41) is 19.7. The highest BCUT2D eigenvalue weighted by Gasteiger charge is 2.14. The first-order valence-electron chi connectivity index (χ1n) is 6.08. The lowest BCUT2D eigenvalue weighted by Crippen LogP contribution is -1.98. The van der Waals surface area contributed by atoms with Gasteiger partial charge in [-0.05, 0) is 25.5 Å². The summed E-state index contributed by atoms with van der Waals surface area (Å²) < 4.78 is 2.00. The molecular weight excluding hydrogens is 230 g/mol. The third-order valence-electron chi connectivity index (χ3n) is 3.07. The first-order valence-corrected chi connectivity index (χ1v) is 6.08. The number of aliphatic hydroxyl groups excluding tert-OH is 1. The normalized spacial score (nSPS) is 12.8. The van der Waals surface area contributed by atoms with Crippen LogP contribution in [0.5, 0.6) is 0 Å². The second-order valence-corrected chi connectivity index (χ2v) is 4.49. The number of aliphatic hydroxyl groups is 1. The molecule has 0 radical (unpaired) electrons. The SMILES string of the molecule is CCCn1cc(C(C)O)c2ccc(C(=O)O)cc21. The molecule has 0 spiro atoms. The van der Waals surface area contributed by atoms with Gasteiger partial charge in [0.05, 0.1) is 11.7 Å². The number of carboxylic acids is 1. The van der Waals surface area contributed by atoms with E-state index in [4.69, 9.17) is 5.11 Å². The minimum Gasteiger partial charge on any atom is -0.478 e. The van der Waals surface area contributed by atoms with Crippen LogP contribution in [0.25, 0.3) is 10.9 Å². The van der Waals surface area contributed by atoms with Crippen molar-refractivity contribution in [3.8, 4) is 0 Å². The summed E-state index contributed by atoms with van der Waals surface area (Å²) in [5.41, 5.74) is 1.98. The second-order valence-electron chi connectivity index (χ2n) is 4.49. The van der Waals surface area contributed by atoms with Crippen molar-refractivity contribution < 1.29 is 15.0 Å². The van der Waals surface area contributed by atoms with E-state index >= 15 is 0 Å². The lowest BCUT2D eigenvalue weighted by molar-refractivity contribution is 0.0697. The van der Waals surface area contributed by atoms with Crippen molar-refractivity contribution in [1.82, 2.24) is 4.57 Å². The number of aryl methyl sites for hydroxylation is 1. The van der Waals surface area contributed by atoms with Gasteiger partial charge in [0, 0.05) is 29.2 Å². The maximum absolute atomic E-state index is 11.0. The standard InChI is InChI=1S/C14H17NO3/c1-3-6-15-8-12(9(2)16)11-5-4-10(14(17)18)7-13(11)15/h4-5,7-9,16H,3,6H2,1-2H3,(H,17,18). The summed E-state index contributed by atoms with van der Waals surface area (Å²) in [6.45, 7) is 4.59. The monoisotopic (exact) mass is 247 g/mol. The van der Waals surface area contributed by atoms with Crippen molar-refractivity contribution in [2.75, 3.05) is 0 Å². The van der Waals surface area contributed by atoms with Crippen LogP contribution in [0.15, 0.2) is 24.4 Å². The molecule has 0 amide bonds. The van der Waals surface area contributed by atoms with Gasteiger partial charge in [-0.2, -0.15) is 0 Å². The molecule has 96 valence electrons. The lowest BCUT2D eigenvalue weighted by Gasteiger charge is -2.03. The smallest absolute Gasteiger partial charge is 0.335 e. The molecule has 1 atom stereocenters. The number of rotatable bonds is 4. The molecule has 1 aromatic carbocycles. The maximum Gasteiger partial charge on any atom is 0.335 e. The largest absolute Gasteiger partial charge is 0.478 e. The van der Waals surface area contributed by atoms with Crippen LogP contribution in [-0.2, 0) is 6.54 Å². The van der Waals surface area contributed by atoms with Crippen molar-refractivity contribution in [1.29, 1.82) is 0 Å². The van der Waals surface area contributed by atoms with E-state index in [1.807, 2.05) is 10.8 Å². The van der Waals surface area contributed by atoms with Gasteiger partial charge in [-0.3, -0.25) is 0 Å². The van der Waals surface area contributed by atoms with Crippen molar-refractivity contribution in [3.05, 3.63) is 35.5 Å². The number of hydrogen-bond donors (Lipinski definition) is 2. The van der Waals surface area contributed by atoms with Gasteiger partial charge < -0.3 is 14.8 Å². The van der Waals surface area contributed by atoms with Crippen LogP contribution in [0.1, 0.15) is 42.3 Å². The Morgan fingerprint density at radius 1 is 1.44 bits per heavy atom. The highest BCUT2D eigenvalue weighted by Crippen LogP contribution is 2.27. The lowest BCUT2D eigenvalue weighted by atomic mass is 10.1. The van der Waals surface area contributed by atoms with Gasteiger partial charge in [0.15, 0.2) is 0 Å². The van der Waals surface area contributed by atoms with Gasteiger partial charge in [0.25, 0.3) is 0 Å². The highest BCUT2D eigenvalue weighted by molar-refractivity contribution is 5.94. The van der Waals surface area contributed by atoms with Gasteiger partial charge in [0.1, 0.15) is 0 Å². The third-order valence-corrected chi connectivity index (χ3v) is 3.07. The minimum absolute atomic E-state index is 0.273. The average molecular weight is 247 g/mol. The van der Waals surface area contributed by atoms with Crippen LogP contribution in [0, 0.1) is 0 Å². The maximum atomic E-state index is 11.0. The molecular formula is C14H17NO3. The molecule has 1 unspecified atom stereocenters. The molecule has 0 saturated heterocycles. The number of aromatic nitrogens is 1. The van der Waals surface area contributed by atoms with Gasteiger partial charge in [-0.15, -0.1) is 0 Å². The zero-order valence-corrected chi connectivity index (χ0v) is 10.6. The van der Waals surface area contributed by atoms with Crippen molar-refractivity contribution in [2.45, 2.75) is 32.9 Å². The Bertz CT molecular complexity index is 584. The molecule has 2 rings (SSSR count). The van der Waals surface area contributed by atoms with Gasteiger partial charge in [-0.1, -0.05) is 13.0 Å². The van der Waals surface area contributed by atoms with Crippen molar-refractivity contribution in [2.24, 2.45) is 0 Å². The summed E-state index contributed by atoms with van der Waals surface area (Å²) in [4.78, 5) is 11.0. The Morgan fingerprint density at radius 2 is 2.17 bits per heavy atom. The number of carboxylic acid groups (broad SMARTS) is 1. The predicted octanol–water partition coefficient (Wildman–Crippen LogP) is 2.80. The summed E-state index contributed by atoms with van der Waals surface area (Å²) in [7, 11) is 0. The summed E-state index contributed by atoms with van der Waals surface area (Å²) >= 11 is 0. The number of hydrogen-bond acceptors (Lipinski definition) is 2. The molecule has 0 aliphatic heterocycles. The number of nitrogens with zero attached hydrogens (tertiary/aromatic N) is 1. The first-order chi connectivity index (χ1) is 8.54. The van der Waals surface area contributed by atoms with E-state index in [1.165, 1.54) is 0 Å². The zero-order valence-electron chi connectivity index (χ0n) is 10.6. The number of aromatic carboxylic acids is 1. The fourth-order valence-corrected chi connectivity index (χ4v) is 2.21. The molecule has 1 heterocycles. The molecule has 0 fully saturated rings. The molecule has 18 heavy (non-hydrogen) atoms. The van der Waals surface area contributed by atoms with Crippen LogP contribution in [0.4, 0.5) is 0 Å². The number of benzene rings is 1.